The van der Waals surface area contributed by atoms with E-state index in [-0.39, 0.29) is 18.4 Å². The molecule has 1 aliphatic heterocycles. The summed E-state index contributed by atoms with van der Waals surface area (Å²) < 4.78 is 5.40. The van der Waals surface area contributed by atoms with Gasteiger partial charge >= 0.3 is 0 Å². The number of hydrogen-bond acceptors (Lipinski definition) is 5. The Kier molecular flexibility index (Phi) is 4.63. The number of ether oxygens (including phenoxy) is 1. The number of anilines is 3. The van der Waals surface area contributed by atoms with E-state index in [1.807, 2.05) is 12.1 Å². The molecule has 28 heavy (non-hydrogen) atoms. The quantitative estimate of drug-likeness (QED) is 0.685. The minimum Gasteiger partial charge on any atom is -0.480 e. The van der Waals surface area contributed by atoms with Gasteiger partial charge in [0.1, 0.15) is 0 Å². The fourth-order valence-electron chi connectivity index (χ4n) is 2.95. The molecule has 1 aliphatic rings. The van der Waals surface area contributed by atoms with Crippen LogP contribution in [0.25, 0.3) is 0 Å². The number of benzene rings is 2. The lowest BCUT2D eigenvalue weighted by Gasteiger charge is -2.28. The number of aromatic nitrogens is 1. The van der Waals surface area contributed by atoms with E-state index in [1.54, 1.807) is 59.6 Å². The van der Waals surface area contributed by atoms with Gasteiger partial charge < -0.3 is 15.8 Å². The number of amides is 2. The van der Waals surface area contributed by atoms with Gasteiger partial charge in [0, 0.05) is 11.8 Å². The van der Waals surface area contributed by atoms with E-state index in [1.165, 1.54) is 0 Å². The van der Waals surface area contributed by atoms with Crippen LogP contribution >= 0.6 is 0 Å². The molecule has 0 saturated heterocycles. The molecule has 3 aromatic rings. The maximum absolute atomic E-state index is 12.4. The Labute approximate surface area is 161 Å². The summed E-state index contributed by atoms with van der Waals surface area (Å²) in [4.78, 5) is 30.5. The first-order valence-corrected chi connectivity index (χ1v) is 8.75. The molecule has 0 spiro atoms. The molecule has 4 rings (SSSR count). The number of para-hydroxylation sites is 2. The molecule has 7 nitrogen and oxygen atoms in total. The van der Waals surface area contributed by atoms with Crippen LogP contribution in [0.15, 0.2) is 66.9 Å². The molecule has 3 N–H and O–H groups in total. The van der Waals surface area contributed by atoms with Gasteiger partial charge in [-0.15, -0.1) is 0 Å². The number of carbonyl (C=O) groups excluding carboxylic acids is 2. The monoisotopic (exact) mass is 374 g/mol. The number of nitrogens with two attached hydrogens (primary N) is 1. The van der Waals surface area contributed by atoms with Gasteiger partial charge in [0.25, 0.3) is 11.8 Å². The van der Waals surface area contributed by atoms with Gasteiger partial charge in [0.2, 0.25) is 0 Å². The van der Waals surface area contributed by atoms with Gasteiger partial charge in [0.15, 0.2) is 18.2 Å². The minimum atomic E-state index is -0.251. The van der Waals surface area contributed by atoms with Gasteiger partial charge in [-0.3, -0.25) is 14.5 Å². The normalized spacial score (nSPS) is 12.9. The maximum atomic E-state index is 12.4. The van der Waals surface area contributed by atoms with Crippen molar-refractivity contribution in [3.05, 3.63) is 78.0 Å². The van der Waals surface area contributed by atoms with E-state index >= 15 is 0 Å². The van der Waals surface area contributed by atoms with Crippen LogP contribution in [0.5, 0.6) is 5.75 Å². The first kappa shape index (κ1) is 17.5. The standard InChI is InChI=1S/C21H18N4O3/c22-16-4-1-2-5-17(16)24-21(27)15-9-7-14(8-10-15)12-25-19(26)13-28-18-6-3-11-23-20(18)25/h1-11H,12-13,22H2,(H,24,27). The molecular formula is C21H18N4O3. The lowest BCUT2D eigenvalue weighted by molar-refractivity contribution is -0.121. The van der Waals surface area contributed by atoms with Crippen LogP contribution < -0.4 is 20.7 Å². The summed E-state index contributed by atoms with van der Waals surface area (Å²) >= 11 is 0. The van der Waals surface area contributed by atoms with Crippen molar-refractivity contribution in [2.45, 2.75) is 6.54 Å². The average molecular weight is 374 g/mol. The topological polar surface area (TPSA) is 97.6 Å². The summed E-state index contributed by atoms with van der Waals surface area (Å²) in [5.74, 6) is 0.671. The number of carbonyl (C=O) groups is 2. The van der Waals surface area contributed by atoms with E-state index in [0.717, 1.165) is 5.56 Å². The van der Waals surface area contributed by atoms with Crippen LogP contribution in [0.1, 0.15) is 15.9 Å². The molecule has 2 amide bonds. The Morgan fingerprint density at radius 1 is 1.11 bits per heavy atom. The number of fused-ring (bicyclic) bond motifs is 1. The molecule has 2 heterocycles. The highest BCUT2D eigenvalue weighted by atomic mass is 16.5. The third kappa shape index (κ3) is 3.50. The molecule has 0 radical (unpaired) electrons. The third-order valence-electron chi connectivity index (χ3n) is 4.42. The van der Waals surface area contributed by atoms with Gasteiger partial charge in [-0.25, -0.2) is 4.98 Å². The zero-order valence-electron chi connectivity index (χ0n) is 15.0. The Balaban J connectivity index is 1.49. The summed E-state index contributed by atoms with van der Waals surface area (Å²) in [6.07, 6.45) is 1.62. The summed E-state index contributed by atoms with van der Waals surface area (Å²) in [6, 6.07) is 17.7. The predicted molar refractivity (Wildman–Crippen MR) is 106 cm³/mol. The van der Waals surface area contributed by atoms with E-state index in [9.17, 15) is 9.59 Å². The average Bonchev–Trinajstić information content (AvgIpc) is 2.72. The first-order valence-electron chi connectivity index (χ1n) is 8.75. The maximum Gasteiger partial charge on any atom is 0.266 e. The van der Waals surface area contributed by atoms with Crippen LogP contribution in [0, 0.1) is 0 Å². The van der Waals surface area contributed by atoms with E-state index in [0.29, 0.717) is 35.1 Å². The van der Waals surface area contributed by atoms with Crippen molar-refractivity contribution in [2.24, 2.45) is 0 Å². The smallest absolute Gasteiger partial charge is 0.266 e. The highest BCUT2D eigenvalue weighted by molar-refractivity contribution is 6.05. The van der Waals surface area contributed by atoms with Gasteiger partial charge in [-0.1, -0.05) is 24.3 Å². The second-order valence-electron chi connectivity index (χ2n) is 6.33. The fraction of sp³-hybridized carbons (Fsp3) is 0.0952. The minimum absolute atomic E-state index is 0.0162. The number of nitrogen functional groups attached to an aromatic ring is 1. The number of rotatable bonds is 4. The molecule has 140 valence electrons. The molecule has 2 aromatic carbocycles. The second kappa shape index (κ2) is 7.40. The van der Waals surface area contributed by atoms with E-state index in [2.05, 4.69) is 10.3 Å². The molecule has 0 unspecified atom stereocenters. The lowest BCUT2D eigenvalue weighted by Crippen LogP contribution is -2.38. The van der Waals surface area contributed by atoms with Crippen LogP contribution in [0.2, 0.25) is 0 Å². The van der Waals surface area contributed by atoms with Crippen LogP contribution in [0.4, 0.5) is 17.2 Å². The molecule has 0 fully saturated rings. The van der Waals surface area contributed by atoms with Crippen molar-refractivity contribution in [1.29, 1.82) is 0 Å². The Morgan fingerprint density at radius 3 is 2.68 bits per heavy atom. The van der Waals surface area contributed by atoms with Crippen molar-refractivity contribution in [1.82, 2.24) is 4.98 Å². The van der Waals surface area contributed by atoms with Crippen LogP contribution in [-0.2, 0) is 11.3 Å². The Morgan fingerprint density at radius 2 is 1.89 bits per heavy atom. The van der Waals surface area contributed by atoms with Crippen molar-refractivity contribution >= 4 is 29.0 Å². The van der Waals surface area contributed by atoms with E-state index < -0.39 is 0 Å². The zero-order valence-corrected chi connectivity index (χ0v) is 15.0. The number of nitrogens with one attached hydrogen (secondary N) is 1. The molecule has 7 heteroatoms. The van der Waals surface area contributed by atoms with Crippen molar-refractivity contribution in [2.75, 3.05) is 22.6 Å². The zero-order chi connectivity index (χ0) is 19.5. The van der Waals surface area contributed by atoms with Crippen molar-refractivity contribution < 1.29 is 14.3 Å². The van der Waals surface area contributed by atoms with Crippen LogP contribution in [-0.4, -0.2) is 23.4 Å². The first-order chi connectivity index (χ1) is 13.6. The van der Waals surface area contributed by atoms with Gasteiger partial charge in [-0.05, 0) is 42.0 Å². The second-order valence-corrected chi connectivity index (χ2v) is 6.33. The predicted octanol–water partition coefficient (Wildman–Crippen LogP) is 2.84. The largest absolute Gasteiger partial charge is 0.480 e. The highest BCUT2D eigenvalue weighted by Crippen LogP contribution is 2.30. The summed E-state index contributed by atoms with van der Waals surface area (Å²) in [7, 11) is 0. The number of hydrogen-bond donors (Lipinski definition) is 2. The van der Waals surface area contributed by atoms with Crippen molar-refractivity contribution in [3.63, 3.8) is 0 Å². The summed E-state index contributed by atoms with van der Waals surface area (Å²) in [6.45, 7) is 0.331. The molecule has 1 aromatic heterocycles. The SMILES string of the molecule is Nc1ccccc1NC(=O)c1ccc(CN2C(=O)COc3cccnc32)cc1. The Hall–Kier alpha value is -3.87. The fourth-order valence-corrected chi connectivity index (χ4v) is 2.95. The third-order valence-corrected chi connectivity index (χ3v) is 4.42. The highest BCUT2D eigenvalue weighted by Gasteiger charge is 2.26. The lowest BCUT2D eigenvalue weighted by atomic mass is 10.1. The molecule has 0 bridgehead atoms. The van der Waals surface area contributed by atoms with Gasteiger partial charge in [0.05, 0.1) is 17.9 Å². The molecule has 0 aliphatic carbocycles. The summed E-state index contributed by atoms with van der Waals surface area (Å²) in [5.41, 5.74) is 8.31. The van der Waals surface area contributed by atoms with Gasteiger partial charge in [-0.2, -0.15) is 0 Å². The Bertz CT molecular complexity index is 1030. The molecule has 0 atom stereocenters. The summed E-state index contributed by atoms with van der Waals surface area (Å²) in [5, 5.41) is 2.79. The number of nitrogens with zero attached hydrogens (tertiary/aromatic N) is 2. The molecule has 0 saturated carbocycles. The van der Waals surface area contributed by atoms with Crippen molar-refractivity contribution in [3.8, 4) is 5.75 Å². The number of pyridine rings is 1. The van der Waals surface area contributed by atoms with Crippen LogP contribution in [0.3, 0.4) is 0 Å². The molecular weight excluding hydrogens is 356 g/mol. The van der Waals surface area contributed by atoms with E-state index in [4.69, 9.17) is 10.5 Å².